The van der Waals surface area contributed by atoms with Crippen molar-refractivity contribution in [3.63, 3.8) is 0 Å². The number of carbonyl (C=O) groups is 3. The molecule has 8 heteroatoms. The van der Waals surface area contributed by atoms with E-state index in [4.69, 9.17) is 4.74 Å². The molecule has 2 aromatic heterocycles. The van der Waals surface area contributed by atoms with Crippen molar-refractivity contribution in [1.29, 1.82) is 0 Å². The van der Waals surface area contributed by atoms with E-state index in [0.717, 1.165) is 11.3 Å². The van der Waals surface area contributed by atoms with Gasteiger partial charge in [-0.25, -0.2) is 9.78 Å². The molecule has 1 aromatic carbocycles. The van der Waals surface area contributed by atoms with Gasteiger partial charge in [0.15, 0.2) is 0 Å². The van der Waals surface area contributed by atoms with Gasteiger partial charge in [-0.15, -0.1) is 0 Å². The molecule has 1 atom stereocenters. The maximum atomic E-state index is 13.0. The molecule has 1 aliphatic heterocycles. The molecule has 3 heterocycles. The van der Waals surface area contributed by atoms with E-state index in [9.17, 15) is 14.4 Å². The summed E-state index contributed by atoms with van der Waals surface area (Å²) in [6.07, 6.45) is 0.689. The second-order valence-corrected chi connectivity index (χ2v) is 6.93. The summed E-state index contributed by atoms with van der Waals surface area (Å²) in [5.41, 5.74) is 3.26. The third-order valence-corrected chi connectivity index (χ3v) is 4.85. The van der Waals surface area contributed by atoms with Gasteiger partial charge in [-0.05, 0) is 43.3 Å². The fraction of sp³-hybridized carbons (Fsp3) is 0.238. The molecule has 3 aromatic rings. The van der Waals surface area contributed by atoms with Gasteiger partial charge in [0.1, 0.15) is 17.4 Å². The number of pyridine rings is 1. The van der Waals surface area contributed by atoms with Crippen LogP contribution in [-0.4, -0.2) is 46.4 Å². The minimum Gasteiger partial charge on any atom is -0.442 e. The fourth-order valence-corrected chi connectivity index (χ4v) is 3.40. The van der Waals surface area contributed by atoms with E-state index in [0.29, 0.717) is 23.5 Å². The lowest BCUT2D eigenvalue weighted by Gasteiger charge is -2.13. The van der Waals surface area contributed by atoms with Gasteiger partial charge in [-0.1, -0.05) is 6.07 Å². The predicted octanol–water partition coefficient (Wildman–Crippen LogP) is 2.34. The second kappa shape index (κ2) is 7.38. The Morgan fingerprint density at radius 2 is 1.97 bits per heavy atom. The number of nitrogens with one attached hydrogen (secondary N) is 1. The van der Waals surface area contributed by atoms with Crippen LogP contribution >= 0.6 is 0 Å². The number of nitrogens with zero attached hydrogens (tertiary/aromatic N) is 3. The van der Waals surface area contributed by atoms with Crippen LogP contribution in [0.5, 0.6) is 0 Å². The summed E-state index contributed by atoms with van der Waals surface area (Å²) in [5.74, 6) is -0.323. The molecule has 0 aliphatic carbocycles. The monoisotopic (exact) mass is 392 g/mol. The molecule has 1 N–H and O–H groups in total. The number of aromatic nitrogens is 2. The first-order valence-electron chi connectivity index (χ1n) is 9.24. The van der Waals surface area contributed by atoms with Crippen LogP contribution in [0.15, 0.2) is 48.7 Å². The fourth-order valence-electron chi connectivity index (χ4n) is 3.40. The van der Waals surface area contributed by atoms with Crippen molar-refractivity contribution >= 4 is 29.1 Å². The highest BCUT2D eigenvalue weighted by molar-refractivity contribution is 6.08. The number of carbonyl (C=O) groups excluding carboxylic acids is 3. The summed E-state index contributed by atoms with van der Waals surface area (Å²) in [5, 5.41) is 2.64. The van der Waals surface area contributed by atoms with Crippen LogP contribution in [0.3, 0.4) is 0 Å². The van der Waals surface area contributed by atoms with E-state index >= 15 is 0 Å². The number of aryl methyl sites for hydroxylation is 1. The highest BCUT2D eigenvalue weighted by Crippen LogP contribution is 2.23. The molecule has 0 radical (unpaired) electrons. The summed E-state index contributed by atoms with van der Waals surface area (Å²) in [7, 11) is 0. The lowest BCUT2D eigenvalue weighted by Crippen LogP contribution is -2.33. The lowest BCUT2D eigenvalue weighted by molar-refractivity contribution is -0.119. The van der Waals surface area contributed by atoms with Crippen molar-refractivity contribution in [2.75, 3.05) is 18.0 Å². The average Bonchev–Trinajstić information content (AvgIpc) is 3.30. The molecular weight excluding hydrogens is 372 g/mol. The minimum absolute atomic E-state index is 0.147. The lowest BCUT2D eigenvalue weighted by atomic mass is 10.1. The van der Waals surface area contributed by atoms with Gasteiger partial charge in [0.2, 0.25) is 11.7 Å². The Bertz CT molecular complexity index is 1100. The van der Waals surface area contributed by atoms with Crippen molar-refractivity contribution in [3.8, 4) is 0 Å². The zero-order valence-corrected chi connectivity index (χ0v) is 16.1. The molecule has 4 rings (SSSR count). The van der Waals surface area contributed by atoms with Gasteiger partial charge in [0, 0.05) is 23.9 Å². The number of hydrogen-bond acceptors (Lipinski definition) is 5. The summed E-state index contributed by atoms with van der Waals surface area (Å²) < 4.78 is 7.09. The number of anilines is 1. The van der Waals surface area contributed by atoms with E-state index in [1.165, 1.54) is 11.8 Å². The maximum Gasteiger partial charge on any atom is 0.414 e. The van der Waals surface area contributed by atoms with Crippen LogP contribution in [-0.2, 0) is 9.53 Å². The van der Waals surface area contributed by atoms with Crippen molar-refractivity contribution < 1.29 is 19.1 Å². The summed E-state index contributed by atoms with van der Waals surface area (Å²) in [6, 6.07) is 12.5. The van der Waals surface area contributed by atoms with Crippen molar-refractivity contribution in [1.82, 2.24) is 14.7 Å². The first-order chi connectivity index (χ1) is 13.9. The van der Waals surface area contributed by atoms with Crippen LogP contribution in [0.1, 0.15) is 28.7 Å². The Morgan fingerprint density at radius 1 is 1.21 bits per heavy atom. The van der Waals surface area contributed by atoms with E-state index in [-0.39, 0.29) is 18.2 Å². The third-order valence-electron chi connectivity index (χ3n) is 4.85. The Kier molecular flexibility index (Phi) is 4.75. The van der Waals surface area contributed by atoms with Gasteiger partial charge in [-0.2, -0.15) is 0 Å². The molecule has 1 saturated heterocycles. The number of cyclic esters (lactones) is 1. The average molecular weight is 392 g/mol. The Labute approximate surface area is 167 Å². The van der Waals surface area contributed by atoms with E-state index < -0.39 is 12.2 Å². The van der Waals surface area contributed by atoms with Gasteiger partial charge in [0.25, 0.3) is 0 Å². The molecule has 0 spiro atoms. The smallest absolute Gasteiger partial charge is 0.414 e. The molecule has 0 bridgehead atoms. The van der Waals surface area contributed by atoms with Crippen molar-refractivity contribution in [2.45, 2.75) is 20.0 Å². The molecule has 8 nitrogen and oxygen atoms in total. The van der Waals surface area contributed by atoms with Gasteiger partial charge >= 0.3 is 6.09 Å². The van der Waals surface area contributed by atoms with Crippen LogP contribution < -0.4 is 10.2 Å². The van der Waals surface area contributed by atoms with Crippen LogP contribution in [0, 0.1) is 6.92 Å². The van der Waals surface area contributed by atoms with Crippen LogP contribution in [0.4, 0.5) is 10.5 Å². The van der Waals surface area contributed by atoms with E-state index in [1.54, 1.807) is 30.5 Å². The standard InChI is InChI=1S/C21H20N4O4/c1-13-4-3-5-19-23-11-18(25(13)19)20(27)15-6-8-16(9-7-15)24-12-17(29-21(24)28)10-22-14(2)26/h3-9,11,17H,10,12H2,1-2H3,(H,22,26)/t17-/m0/s1. The van der Waals surface area contributed by atoms with Gasteiger partial charge < -0.3 is 10.1 Å². The highest BCUT2D eigenvalue weighted by atomic mass is 16.6. The first-order valence-corrected chi connectivity index (χ1v) is 9.24. The van der Waals surface area contributed by atoms with E-state index in [2.05, 4.69) is 10.3 Å². The Morgan fingerprint density at radius 3 is 2.69 bits per heavy atom. The normalized spacial score (nSPS) is 16.1. The summed E-state index contributed by atoms with van der Waals surface area (Å²) >= 11 is 0. The zero-order valence-electron chi connectivity index (χ0n) is 16.1. The van der Waals surface area contributed by atoms with Gasteiger partial charge in [0.05, 0.1) is 19.3 Å². The van der Waals surface area contributed by atoms with Crippen LogP contribution in [0.25, 0.3) is 5.65 Å². The Balaban J connectivity index is 1.53. The van der Waals surface area contributed by atoms with Crippen molar-refractivity contribution in [2.24, 2.45) is 0 Å². The number of imidazole rings is 1. The number of benzene rings is 1. The second-order valence-electron chi connectivity index (χ2n) is 6.93. The number of ether oxygens (including phenoxy) is 1. The number of ketones is 1. The topological polar surface area (TPSA) is 93.0 Å². The van der Waals surface area contributed by atoms with Crippen LogP contribution in [0.2, 0.25) is 0 Å². The molecular formula is C21H20N4O4. The predicted molar refractivity (Wildman–Crippen MR) is 106 cm³/mol. The zero-order chi connectivity index (χ0) is 20.5. The number of hydrogen-bond donors (Lipinski definition) is 1. The highest BCUT2D eigenvalue weighted by Gasteiger charge is 2.32. The Hall–Kier alpha value is -3.68. The molecule has 2 amide bonds. The molecule has 148 valence electrons. The number of fused-ring (bicyclic) bond motifs is 1. The number of rotatable bonds is 5. The molecule has 0 saturated carbocycles. The summed E-state index contributed by atoms with van der Waals surface area (Å²) in [6.45, 7) is 3.93. The maximum absolute atomic E-state index is 13.0. The van der Waals surface area contributed by atoms with E-state index in [1.807, 2.05) is 29.5 Å². The number of amides is 2. The third kappa shape index (κ3) is 3.56. The minimum atomic E-state index is -0.475. The SMILES string of the molecule is CC(=O)NC[C@H]1CN(c2ccc(C(=O)c3cnc4cccc(C)n34)cc2)C(=O)O1. The molecule has 29 heavy (non-hydrogen) atoms. The quantitative estimate of drug-likeness (QED) is 0.673. The first kappa shape index (κ1) is 18.7. The summed E-state index contributed by atoms with van der Waals surface area (Å²) in [4.78, 5) is 41.9. The molecule has 0 unspecified atom stereocenters. The molecule has 1 aliphatic rings. The molecule has 1 fully saturated rings. The van der Waals surface area contributed by atoms with Crippen molar-refractivity contribution in [3.05, 3.63) is 65.6 Å². The largest absolute Gasteiger partial charge is 0.442 e. The van der Waals surface area contributed by atoms with Gasteiger partial charge in [-0.3, -0.25) is 18.9 Å².